The average molecular weight is 385 g/mol. The predicted molar refractivity (Wildman–Crippen MR) is 104 cm³/mol. The van der Waals surface area contributed by atoms with Crippen molar-refractivity contribution in [2.45, 2.75) is 18.1 Å². The van der Waals surface area contributed by atoms with Gasteiger partial charge in [-0.15, -0.1) is 11.3 Å². The molecular formula is C19H15NO4S2. The first-order chi connectivity index (χ1) is 12.4. The molecule has 4 rings (SSSR count). The van der Waals surface area contributed by atoms with Crippen molar-refractivity contribution in [2.75, 3.05) is 4.72 Å². The molecule has 0 unspecified atom stereocenters. The summed E-state index contributed by atoms with van der Waals surface area (Å²) in [5.74, 6) is 0.402. The molecule has 4 aromatic rings. The lowest BCUT2D eigenvalue weighted by atomic mass is 10.0. The zero-order chi connectivity index (χ0) is 18.5. The number of carbonyl (C=O) groups is 1. The number of hydrogen-bond acceptors (Lipinski definition) is 5. The lowest BCUT2D eigenvalue weighted by molar-refractivity contribution is 0.101. The molecule has 0 aliphatic rings. The first-order valence-electron chi connectivity index (χ1n) is 7.90. The van der Waals surface area contributed by atoms with E-state index < -0.39 is 10.0 Å². The number of aryl methyl sites for hydroxylation is 1. The second-order valence-electron chi connectivity index (χ2n) is 5.97. The minimum Gasteiger partial charge on any atom is -0.460 e. The van der Waals surface area contributed by atoms with Crippen LogP contribution in [0.1, 0.15) is 23.0 Å². The van der Waals surface area contributed by atoms with Crippen molar-refractivity contribution in [1.29, 1.82) is 0 Å². The fraction of sp³-hybridized carbons (Fsp3) is 0.105. The Bertz CT molecular complexity index is 1250. The van der Waals surface area contributed by atoms with Crippen molar-refractivity contribution >= 4 is 54.6 Å². The van der Waals surface area contributed by atoms with Crippen LogP contribution in [0.5, 0.6) is 0 Å². The standard InChI is InChI=1S/C19H15NO4S2/c1-11(21)18-12(2)24-19-14-7-4-3-6-13(14)16(10-15(18)19)20-26(22,23)17-8-5-9-25-17/h3-10,20H,1-2H3. The molecule has 5 nitrogen and oxygen atoms in total. The number of furan rings is 1. The van der Waals surface area contributed by atoms with Crippen molar-refractivity contribution in [3.05, 3.63) is 59.2 Å². The van der Waals surface area contributed by atoms with Crippen LogP contribution in [-0.4, -0.2) is 14.2 Å². The molecule has 132 valence electrons. The van der Waals surface area contributed by atoms with Crippen LogP contribution in [-0.2, 0) is 10.0 Å². The van der Waals surface area contributed by atoms with Crippen molar-refractivity contribution in [2.24, 2.45) is 0 Å². The van der Waals surface area contributed by atoms with Crippen LogP contribution >= 0.6 is 11.3 Å². The Morgan fingerprint density at radius 1 is 1.08 bits per heavy atom. The molecule has 0 aliphatic heterocycles. The molecule has 0 atom stereocenters. The van der Waals surface area contributed by atoms with Gasteiger partial charge >= 0.3 is 0 Å². The Balaban J connectivity index is 2.02. The zero-order valence-corrected chi connectivity index (χ0v) is 15.7. The molecule has 7 heteroatoms. The van der Waals surface area contributed by atoms with Gasteiger partial charge in [0.1, 0.15) is 15.6 Å². The summed E-state index contributed by atoms with van der Waals surface area (Å²) in [5, 5.41) is 3.79. The molecule has 0 saturated heterocycles. The number of thiophene rings is 1. The van der Waals surface area contributed by atoms with E-state index in [1.54, 1.807) is 30.5 Å². The predicted octanol–water partition coefficient (Wildman–Crippen LogP) is 4.96. The smallest absolute Gasteiger partial charge is 0.271 e. The van der Waals surface area contributed by atoms with Gasteiger partial charge in [0, 0.05) is 16.2 Å². The monoisotopic (exact) mass is 385 g/mol. The number of ketones is 1. The third-order valence-corrected chi connectivity index (χ3v) is 6.99. The maximum atomic E-state index is 12.7. The highest BCUT2D eigenvalue weighted by Gasteiger charge is 2.22. The maximum absolute atomic E-state index is 12.7. The van der Waals surface area contributed by atoms with E-state index in [4.69, 9.17) is 4.42 Å². The van der Waals surface area contributed by atoms with E-state index in [0.717, 1.165) is 16.7 Å². The lowest BCUT2D eigenvalue weighted by Gasteiger charge is -2.10. The summed E-state index contributed by atoms with van der Waals surface area (Å²) in [6.07, 6.45) is 0. The molecule has 2 aromatic heterocycles. The van der Waals surface area contributed by atoms with E-state index in [9.17, 15) is 13.2 Å². The van der Waals surface area contributed by atoms with E-state index >= 15 is 0 Å². The molecule has 0 aliphatic carbocycles. The third-order valence-electron chi connectivity index (χ3n) is 4.23. The third kappa shape index (κ3) is 2.60. The lowest BCUT2D eigenvalue weighted by Crippen LogP contribution is -2.11. The number of rotatable bonds is 4. The number of benzene rings is 2. The molecule has 0 radical (unpaired) electrons. The second kappa shape index (κ2) is 5.96. The van der Waals surface area contributed by atoms with E-state index in [2.05, 4.69) is 4.72 Å². The molecule has 0 saturated carbocycles. The van der Waals surface area contributed by atoms with Crippen LogP contribution in [0.25, 0.3) is 21.7 Å². The normalized spacial score (nSPS) is 11.9. The Morgan fingerprint density at radius 3 is 2.46 bits per heavy atom. The molecule has 1 N–H and O–H groups in total. The highest BCUT2D eigenvalue weighted by atomic mass is 32.2. The van der Waals surface area contributed by atoms with Crippen LogP contribution in [0.15, 0.2) is 56.5 Å². The van der Waals surface area contributed by atoms with Crippen LogP contribution in [0.3, 0.4) is 0 Å². The van der Waals surface area contributed by atoms with Crippen LogP contribution < -0.4 is 4.72 Å². The Hall–Kier alpha value is -2.64. The topological polar surface area (TPSA) is 76.4 Å². The van der Waals surface area contributed by atoms with Crippen LogP contribution in [0, 0.1) is 6.92 Å². The fourth-order valence-corrected chi connectivity index (χ4v) is 5.24. The van der Waals surface area contributed by atoms with Gasteiger partial charge in [-0.25, -0.2) is 8.42 Å². The van der Waals surface area contributed by atoms with Crippen LogP contribution in [0.2, 0.25) is 0 Å². The maximum Gasteiger partial charge on any atom is 0.271 e. The molecular weight excluding hydrogens is 370 g/mol. The van der Waals surface area contributed by atoms with Gasteiger partial charge in [0.05, 0.1) is 11.3 Å². The highest BCUT2D eigenvalue weighted by Crippen LogP contribution is 2.37. The highest BCUT2D eigenvalue weighted by molar-refractivity contribution is 7.94. The second-order valence-corrected chi connectivity index (χ2v) is 8.83. The van der Waals surface area contributed by atoms with Gasteiger partial charge in [-0.3, -0.25) is 9.52 Å². The van der Waals surface area contributed by atoms with Gasteiger partial charge in [-0.05, 0) is 31.4 Å². The molecule has 2 aromatic carbocycles. The Morgan fingerprint density at radius 2 is 1.81 bits per heavy atom. The van der Waals surface area contributed by atoms with Gasteiger partial charge in [-0.2, -0.15) is 0 Å². The molecule has 0 amide bonds. The van der Waals surface area contributed by atoms with E-state index in [1.807, 2.05) is 24.3 Å². The van der Waals surface area contributed by atoms with Gasteiger partial charge in [0.25, 0.3) is 10.0 Å². The number of Topliss-reactive ketones (excluding diaryl/α,β-unsaturated/α-hetero) is 1. The number of fused-ring (bicyclic) bond motifs is 3. The van der Waals surface area contributed by atoms with Crippen molar-refractivity contribution in [3.63, 3.8) is 0 Å². The van der Waals surface area contributed by atoms with Crippen LogP contribution in [0.4, 0.5) is 5.69 Å². The number of carbonyl (C=O) groups excluding carboxylic acids is 1. The largest absolute Gasteiger partial charge is 0.460 e. The summed E-state index contributed by atoms with van der Waals surface area (Å²) in [4.78, 5) is 12.1. The summed E-state index contributed by atoms with van der Waals surface area (Å²) >= 11 is 1.15. The summed E-state index contributed by atoms with van der Waals surface area (Å²) in [6, 6.07) is 12.3. The zero-order valence-electron chi connectivity index (χ0n) is 14.1. The number of hydrogen-bond donors (Lipinski definition) is 1. The summed E-state index contributed by atoms with van der Waals surface area (Å²) in [7, 11) is -3.70. The molecule has 0 spiro atoms. The molecule has 0 bridgehead atoms. The summed E-state index contributed by atoms with van der Waals surface area (Å²) in [6.45, 7) is 3.21. The van der Waals surface area contributed by atoms with E-state index in [0.29, 0.717) is 33.4 Å². The quantitative estimate of drug-likeness (QED) is 0.504. The van der Waals surface area contributed by atoms with E-state index in [-0.39, 0.29) is 9.99 Å². The first kappa shape index (κ1) is 16.8. The van der Waals surface area contributed by atoms with Gasteiger partial charge in [0.15, 0.2) is 5.78 Å². The fourth-order valence-electron chi connectivity index (χ4n) is 3.17. The SMILES string of the molecule is CC(=O)c1c(C)oc2c1cc(NS(=O)(=O)c1cccs1)c1ccccc12. The average Bonchev–Trinajstić information content (AvgIpc) is 3.22. The van der Waals surface area contributed by atoms with Crippen molar-refractivity contribution in [3.8, 4) is 0 Å². The number of anilines is 1. The molecule has 0 fully saturated rings. The minimum absolute atomic E-state index is 0.122. The summed E-state index contributed by atoms with van der Waals surface area (Å²) < 4.78 is 34.1. The summed E-state index contributed by atoms with van der Waals surface area (Å²) in [5.41, 5.74) is 1.48. The molecule has 2 heterocycles. The van der Waals surface area contributed by atoms with Gasteiger partial charge < -0.3 is 4.42 Å². The Kier molecular flexibility index (Phi) is 3.86. The Labute approximate surface area is 154 Å². The number of nitrogens with one attached hydrogen (secondary N) is 1. The number of sulfonamides is 1. The minimum atomic E-state index is -3.70. The van der Waals surface area contributed by atoms with Gasteiger partial charge in [-0.1, -0.05) is 30.3 Å². The van der Waals surface area contributed by atoms with Gasteiger partial charge in [0.2, 0.25) is 0 Å². The van der Waals surface area contributed by atoms with E-state index in [1.165, 1.54) is 6.92 Å². The first-order valence-corrected chi connectivity index (χ1v) is 10.3. The van der Waals surface area contributed by atoms with Crippen molar-refractivity contribution < 1.29 is 17.6 Å². The van der Waals surface area contributed by atoms with Crippen molar-refractivity contribution in [1.82, 2.24) is 0 Å². The molecule has 26 heavy (non-hydrogen) atoms.